The second-order valence-corrected chi connectivity index (χ2v) is 6.52. The summed E-state index contributed by atoms with van der Waals surface area (Å²) in [6.45, 7) is 3.10. The number of amides is 2. The summed E-state index contributed by atoms with van der Waals surface area (Å²) in [4.78, 5) is 26.6. The van der Waals surface area contributed by atoms with Crippen LogP contribution < -0.4 is 15.0 Å². The predicted octanol–water partition coefficient (Wildman–Crippen LogP) is 3.41. The molecule has 1 saturated heterocycles. The van der Waals surface area contributed by atoms with Crippen LogP contribution in [0.1, 0.15) is 18.9 Å². The van der Waals surface area contributed by atoms with Crippen LogP contribution in [0.4, 0.5) is 5.69 Å². The van der Waals surface area contributed by atoms with Gasteiger partial charge in [0.15, 0.2) is 0 Å². The maximum atomic E-state index is 12.5. The summed E-state index contributed by atoms with van der Waals surface area (Å²) in [6.07, 6.45) is 0.189. The van der Waals surface area contributed by atoms with E-state index in [-0.39, 0.29) is 24.2 Å². The Morgan fingerprint density at radius 1 is 1.23 bits per heavy atom. The molecule has 1 fully saturated rings. The summed E-state index contributed by atoms with van der Waals surface area (Å²) in [7, 11) is 0. The minimum atomic E-state index is -0.389. The molecule has 2 aromatic carbocycles. The monoisotopic (exact) mass is 372 g/mol. The number of nitrogens with one attached hydrogen (secondary N) is 1. The van der Waals surface area contributed by atoms with Crippen LogP contribution in [0.2, 0.25) is 5.02 Å². The maximum absolute atomic E-state index is 12.5. The molecule has 5 nitrogen and oxygen atoms in total. The van der Waals surface area contributed by atoms with E-state index in [4.69, 9.17) is 16.3 Å². The average molecular weight is 373 g/mol. The number of rotatable bonds is 6. The number of ether oxygens (including phenoxy) is 1. The van der Waals surface area contributed by atoms with Crippen LogP contribution >= 0.6 is 11.6 Å². The molecule has 1 aliphatic heterocycles. The SMILES string of the molecule is CCOc1ccccc1N1C[C@H](C(=O)NCc2ccccc2Cl)CC1=O. The first-order valence-corrected chi connectivity index (χ1v) is 9.01. The molecule has 3 rings (SSSR count). The highest BCUT2D eigenvalue weighted by Crippen LogP contribution is 2.33. The van der Waals surface area contributed by atoms with Crippen molar-refractivity contribution >= 4 is 29.1 Å². The van der Waals surface area contributed by atoms with E-state index < -0.39 is 0 Å². The average Bonchev–Trinajstić information content (AvgIpc) is 3.03. The number of benzene rings is 2. The van der Waals surface area contributed by atoms with Gasteiger partial charge >= 0.3 is 0 Å². The van der Waals surface area contributed by atoms with Crippen molar-refractivity contribution in [3.63, 3.8) is 0 Å². The fourth-order valence-corrected chi connectivity index (χ4v) is 3.24. The minimum Gasteiger partial charge on any atom is -0.492 e. The van der Waals surface area contributed by atoms with E-state index in [1.807, 2.05) is 49.4 Å². The van der Waals surface area contributed by atoms with Crippen LogP contribution in [0.3, 0.4) is 0 Å². The highest BCUT2D eigenvalue weighted by atomic mass is 35.5. The third-order valence-electron chi connectivity index (χ3n) is 4.36. The molecule has 0 spiro atoms. The first-order chi connectivity index (χ1) is 12.6. The van der Waals surface area contributed by atoms with E-state index >= 15 is 0 Å². The number of anilines is 1. The van der Waals surface area contributed by atoms with Gasteiger partial charge in [-0.05, 0) is 30.7 Å². The van der Waals surface area contributed by atoms with Gasteiger partial charge in [0, 0.05) is 24.5 Å². The fourth-order valence-electron chi connectivity index (χ4n) is 3.04. The minimum absolute atomic E-state index is 0.0740. The highest BCUT2D eigenvalue weighted by Gasteiger charge is 2.36. The third kappa shape index (κ3) is 3.99. The van der Waals surface area contributed by atoms with Crippen LogP contribution in [0.15, 0.2) is 48.5 Å². The quantitative estimate of drug-likeness (QED) is 0.845. The van der Waals surface area contributed by atoms with Crippen molar-refractivity contribution in [1.29, 1.82) is 0 Å². The van der Waals surface area contributed by atoms with Crippen molar-refractivity contribution in [3.8, 4) is 5.75 Å². The van der Waals surface area contributed by atoms with Crippen LogP contribution in [0, 0.1) is 5.92 Å². The Kier molecular flexibility index (Phi) is 5.78. The number of hydrogen-bond donors (Lipinski definition) is 1. The molecule has 1 heterocycles. The van der Waals surface area contributed by atoms with Gasteiger partial charge in [-0.2, -0.15) is 0 Å². The first-order valence-electron chi connectivity index (χ1n) is 8.63. The molecule has 6 heteroatoms. The molecule has 0 saturated carbocycles. The van der Waals surface area contributed by atoms with Crippen molar-refractivity contribution in [2.75, 3.05) is 18.1 Å². The van der Waals surface area contributed by atoms with E-state index in [9.17, 15) is 9.59 Å². The molecule has 2 amide bonds. The van der Waals surface area contributed by atoms with Gasteiger partial charge in [0.05, 0.1) is 18.2 Å². The Bertz CT molecular complexity index is 809. The standard InChI is InChI=1S/C20H21ClN2O3/c1-2-26-18-10-6-5-9-17(18)23-13-15(11-19(23)24)20(25)22-12-14-7-3-4-8-16(14)21/h3-10,15H,2,11-13H2,1H3,(H,22,25)/t15-/m1/s1. The number of carbonyl (C=O) groups is 2. The van der Waals surface area contributed by atoms with Crippen molar-refractivity contribution in [2.45, 2.75) is 19.9 Å². The van der Waals surface area contributed by atoms with Gasteiger partial charge in [0.2, 0.25) is 11.8 Å². The van der Waals surface area contributed by atoms with E-state index in [1.54, 1.807) is 11.0 Å². The number of para-hydroxylation sites is 2. The Hall–Kier alpha value is -2.53. The number of hydrogen-bond acceptors (Lipinski definition) is 3. The second-order valence-electron chi connectivity index (χ2n) is 6.12. The number of nitrogens with zero attached hydrogens (tertiary/aromatic N) is 1. The van der Waals surface area contributed by atoms with E-state index in [0.717, 1.165) is 5.56 Å². The van der Waals surface area contributed by atoms with Gasteiger partial charge in [-0.3, -0.25) is 9.59 Å². The summed E-state index contributed by atoms with van der Waals surface area (Å²) < 4.78 is 5.60. The fraction of sp³-hybridized carbons (Fsp3) is 0.300. The van der Waals surface area contributed by atoms with Crippen molar-refractivity contribution in [2.24, 2.45) is 5.92 Å². The summed E-state index contributed by atoms with van der Waals surface area (Å²) in [6, 6.07) is 14.8. The third-order valence-corrected chi connectivity index (χ3v) is 4.73. The van der Waals surface area contributed by atoms with Crippen LogP contribution in [-0.2, 0) is 16.1 Å². The van der Waals surface area contributed by atoms with Gasteiger partial charge in [-0.15, -0.1) is 0 Å². The largest absolute Gasteiger partial charge is 0.492 e. The zero-order chi connectivity index (χ0) is 18.5. The Labute approximate surface area is 157 Å². The lowest BCUT2D eigenvalue weighted by Gasteiger charge is -2.20. The molecule has 1 atom stereocenters. The topological polar surface area (TPSA) is 58.6 Å². The molecular weight excluding hydrogens is 352 g/mol. The van der Waals surface area contributed by atoms with Gasteiger partial charge in [-0.25, -0.2) is 0 Å². The van der Waals surface area contributed by atoms with E-state index in [0.29, 0.717) is 36.2 Å². The molecule has 0 radical (unpaired) electrons. The van der Waals surface area contributed by atoms with Crippen LogP contribution in [0.25, 0.3) is 0 Å². The molecule has 2 aromatic rings. The molecular formula is C20H21ClN2O3. The predicted molar refractivity (Wildman–Crippen MR) is 101 cm³/mol. The lowest BCUT2D eigenvalue weighted by molar-refractivity contribution is -0.126. The molecule has 26 heavy (non-hydrogen) atoms. The zero-order valence-corrected chi connectivity index (χ0v) is 15.3. The summed E-state index contributed by atoms with van der Waals surface area (Å²) in [5, 5.41) is 3.49. The zero-order valence-electron chi connectivity index (χ0n) is 14.6. The molecule has 0 aliphatic carbocycles. The van der Waals surface area contributed by atoms with Gasteiger partial charge in [0.25, 0.3) is 0 Å². The smallest absolute Gasteiger partial charge is 0.227 e. The first kappa shape index (κ1) is 18.3. The van der Waals surface area contributed by atoms with Gasteiger partial charge in [-0.1, -0.05) is 41.9 Å². The lowest BCUT2D eigenvalue weighted by Crippen LogP contribution is -2.32. The Morgan fingerprint density at radius 2 is 1.96 bits per heavy atom. The normalized spacial score (nSPS) is 16.6. The molecule has 1 aliphatic rings. The highest BCUT2D eigenvalue weighted by molar-refractivity contribution is 6.31. The molecule has 0 unspecified atom stereocenters. The maximum Gasteiger partial charge on any atom is 0.227 e. The van der Waals surface area contributed by atoms with Gasteiger partial charge in [0.1, 0.15) is 5.75 Å². The van der Waals surface area contributed by atoms with Crippen molar-refractivity contribution in [1.82, 2.24) is 5.32 Å². The lowest BCUT2D eigenvalue weighted by atomic mass is 10.1. The molecule has 0 bridgehead atoms. The summed E-state index contributed by atoms with van der Waals surface area (Å²) in [5.74, 6) is 0.0462. The number of halogens is 1. The molecule has 1 N–H and O–H groups in total. The Balaban J connectivity index is 1.66. The van der Waals surface area contributed by atoms with Crippen molar-refractivity contribution in [3.05, 3.63) is 59.1 Å². The van der Waals surface area contributed by atoms with Crippen LogP contribution in [0.5, 0.6) is 5.75 Å². The van der Waals surface area contributed by atoms with Crippen LogP contribution in [-0.4, -0.2) is 25.0 Å². The Morgan fingerprint density at radius 3 is 2.73 bits per heavy atom. The van der Waals surface area contributed by atoms with E-state index in [2.05, 4.69) is 5.32 Å². The van der Waals surface area contributed by atoms with Gasteiger partial charge < -0.3 is 15.0 Å². The van der Waals surface area contributed by atoms with Crippen molar-refractivity contribution < 1.29 is 14.3 Å². The molecule has 136 valence electrons. The van der Waals surface area contributed by atoms with E-state index in [1.165, 1.54) is 0 Å². The second kappa shape index (κ2) is 8.23. The number of carbonyl (C=O) groups excluding carboxylic acids is 2. The summed E-state index contributed by atoms with van der Waals surface area (Å²) >= 11 is 6.11. The molecule has 0 aromatic heterocycles. The summed E-state index contributed by atoms with van der Waals surface area (Å²) in [5.41, 5.74) is 1.56.